The lowest BCUT2D eigenvalue weighted by atomic mass is 9.83. The number of likely N-dealkylation sites (tertiary alicyclic amines) is 1. The second-order valence-electron chi connectivity index (χ2n) is 9.42. The highest BCUT2D eigenvalue weighted by atomic mass is 16.5. The van der Waals surface area contributed by atoms with Crippen LogP contribution in [0, 0.1) is 11.8 Å². The predicted octanol–water partition coefficient (Wildman–Crippen LogP) is 3.54. The number of nitrogens with zero attached hydrogens (tertiary/aromatic N) is 1. The van der Waals surface area contributed by atoms with E-state index in [0.29, 0.717) is 18.1 Å². The number of hydrogen-bond acceptors (Lipinski definition) is 4. The Morgan fingerprint density at radius 1 is 0.962 bits per heavy atom. The van der Waals surface area contributed by atoms with Crippen LogP contribution in [0.5, 0.6) is 0 Å². The first-order valence-electron chi connectivity index (χ1n) is 11.5. The van der Waals surface area contributed by atoms with Crippen LogP contribution >= 0.6 is 0 Å². The molecule has 0 spiro atoms. The van der Waals surface area contributed by atoms with Crippen molar-refractivity contribution < 1.29 is 4.74 Å². The van der Waals surface area contributed by atoms with Crippen LogP contribution in [0.25, 0.3) is 0 Å². The molecule has 0 aromatic carbocycles. The number of rotatable bonds is 7. The molecule has 0 unspecified atom stereocenters. The number of piperidine rings is 1. The molecule has 0 bridgehead atoms. The molecule has 2 aliphatic carbocycles. The third-order valence-corrected chi connectivity index (χ3v) is 7.19. The molecule has 4 heteroatoms. The molecular weight excluding hydrogens is 322 g/mol. The van der Waals surface area contributed by atoms with Gasteiger partial charge in [0, 0.05) is 24.7 Å². The molecule has 26 heavy (non-hydrogen) atoms. The maximum Gasteiger partial charge on any atom is 0.0519 e. The van der Waals surface area contributed by atoms with E-state index < -0.39 is 0 Å². The van der Waals surface area contributed by atoms with E-state index in [0.717, 1.165) is 31.2 Å². The summed E-state index contributed by atoms with van der Waals surface area (Å²) < 4.78 is 5.84. The molecule has 3 N–H and O–H groups in total. The molecule has 1 saturated heterocycles. The van der Waals surface area contributed by atoms with E-state index in [4.69, 9.17) is 10.5 Å². The van der Waals surface area contributed by atoms with Crippen molar-refractivity contribution in [2.45, 2.75) is 102 Å². The summed E-state index contributed by atoms with van der Waals surface area (Å²) >= 11 is 0. The number of nitrogens with two attached hydrogens (primary N) is 1. The van der Waals surface area contributed by atoms with Gasteiger partial charge in [0.1, 0.15) is 0 Å². The highest BCUT2D eigenvalue weighted by molar-refractivity contribution is 4.89. The van der Waals surface area contributed by atoms with E-state index >= 15 is 0 Å². The zero-order chi connectivity index (χ0) is 18.4. The summed E-state index contributed by atoms with van der Waals surface area (Å²) in [5.41, 5.74) is 6.01. The minimum Gasteiger partial charge on any atom is -0.379 e. The predicted molar refractivity (Wildman–Crippen MR) is 109 cm³/mol. The summed E-state index contributed by atoms with van der Waals surface area (Å²) in [5, 5.41) is 3.99. The largest absolute Gasteiger partial charge is 0.379 e. The first-order valence-corrected chi connectivity index (χ1v) is 11.5. The Hall–Kier alpha value is -0.160. The van der Waals surface area contributed by atoms with Gasteiger partial charge in [-0.3, -0.25) is 0 Å². The molecule has 0 amide bonds. The minimum atomic E-state index is 0.377. The Morgan fingerprint density at radius 2 is 1.65 bits per heavy atom. The Labute approximate surface area is 161 Å². The van der Waals surface area contributed by atoms with Gasteiger partial charge in [0.25, 0.3) is 0 Å². The molecular formula is C22H43N3O. The van der Waals surface area contributed by atoms with Gasteiger partial charge in [-0.05, 0) is 96.7 Å². The molecule has 1 heterocycles. The third kappa shape index (κ3) is 5.92. The van der Waals surface area contributed by atoms with Crippen molar-refractivity contribution in [3.05, 3.63) is 0 Å². The van der Waals surface area contributed by atoms with Crippen molar-refractivity contribution in [1.29, 1.82) is 0 Å². The minimum absolute atomic E-state index is 0.377. The molecule has 4 nitrogen and oxygen atoms in total. The quantitative estimate of drug-likeness (QED) is 0.724. The summed E-state index contributed by atoms with van der Waals surface area (Å²) in [7, 11) is 0. The molecule has 2 saturated carbocycles. The summed E-state index contributed by atoms with van der Waals surface area (Å²) in [6, 6.07) is 2.23. The first-order chi connectivity index (χ1) is 12.7. The van der Waals surface area contributed by atoms with Gasteiger partial charge >= 0.3 is 0 Å². The van der Waals surface area contributed by atoms with Crippen molar-refractivity contribution >= 4 is 0 Å². The smallest absolute Gasteiger partial charge is 0.0519 e. The number of nitrogens with one attached hydrogen (secondary N) is 1. The van der Waals surface area contributed by atoms with Gasteiger partial charge in [-0.15, -0.1) is 0 Å². The standard InChI is InChI=1S/C22H43N3O/c1-17(2)26-16-18-7-9-21(10-8-18)25-13-11-20(12-14-25)24-22-6-4-3-5-19(22)15-23/h17-22,24H,3-16,23H2,1-2H3/t18?,19-,21?,22+/m1/s1. The number of ether oxygens (including phenoxy) is 1. The molecule has 1 aliphatic heterocycles. The van der Waals surface area contributed by atoms with Crippen molar-refractivity contribution in [3.8, 4) is 0 Å². The van der Waals surface area contributed by atoms with Crippen LogP contribution in [0.4, 0.5) is 0 Å². The lowest BCUT2D eigenvalue weighted by molar-refractivity contribution is 0.0259. The fourth-order valence-electron chi connectivity index (χ4n) is 5.45. The SMILES string of the molecule is CC(C)OCC1CCC(N2CCC(N[C@H]3CCCC[C@@H]3CN)CC2)CC1. The van der Waals surface area contributed by atoms with Crippen LogP contribution in [-0.2, 0) is 4.74 Å². The van der Waals surface area contributed by atoms with Gasteiger partial charge in [-0.2, -0.15) is 0 Å². The molecule has 3 aliphatic rings. The van der Waals surface area contributed by atoms with Crippen LogP contribution in [0.15, 0.2) is 0 Å². The maximum absolute atomic E-state index is 6.01. The van der Waals surface area contributed by atoms with Crippen LogP contribution in [0.1, 0.15) is 78.1 Å². The summed E-state index contributed by atoms with van der Waals surface area (Å²) in [6.07, 6.45) is 13.9. The first kappa shape index (κ1) is 20.6. The van der Waals surface area contributed by atoms with Gasteiger partial charge in [-0.1, -0.05) is 12.8 Å². The monoisotopic (exact) mass is 365 g/mol. The normalized spacial score (nSPS) is 35.1. The molecule has 0 radical (unpaired) electrons. The Bertz CT molecular complexity index is 387. The van der Waals surface area contributed by atoms with Gasteiger partial charge < -0.3 is 20.7 Å². The van der Waals surface area contributed by atoms with Crippen LogP contribution in [0.3, 0.4) is 0 Å². The Kier molecular flexibility index (Phi) is 8.23. The van der Waals surface area contributed by atoms with Gasteiger partial charge in [0.15, 0.2) is 0 Å². The van der Waals surface area contributed by atoms with Gasteiger partial charge in [0.2, 0.25) is 0 Å². The molecule has 3 fully saturated rings. The average Bonchev–Trinajstić information content (AvgIpc) is 2.68. The molecule has 0 aromatic rings. The van der Waals surface area contributed by atoms with E-state index in [1.807, 2.05) is 0 Å². The molecule has 2 atom stereocenters. The summed E-state index contributed by atoms with van der Waals surface area (Å²) in [6.45, 7) is 8.70. The lowest BCUT2D eigenvalue weighted by Gasteiger charge is -2.42. The van der Waals surface area contributed by atoms with E-state index in [9.17, 15) is 0 Å². The van der Waals surface area contributed by atoms with E-state index in [2.05, 4.69) is 24.1 Å². The zero-order valence-electron chi connectivity index (χ0n) is 17.3. The summed E-state index contributed by atoms with van der Waals surface area (Å²) in [5.74, 6) is 1.51. The van der Waals surface area contributed by atoms with Crippen LogP contribution < -0.4 is 11.1 Å². The van der Waals surface area contributed by atoms with E-state index in [1.54, 1.807) is 0 Å². The average molecular weight is 366 g/mol. The Morgan fingerprint density at radius 3 is 2.31 bits per heavy atom. The fraction of sp³-hybridized carbons (Fsp3) is 1.00. The van der Waals surface area contributed by atoms with Crippen LogP contribution in [0.2, 0.25) is 0 Å². The molecule has 152 valence electrons. The molecule has 0 aromatic heterocycles. The second-order valence-corrected chi connectivity index (χ2v) is 9.42. The second kappa shape index (κ2) is 10.4. The highest BCUT2D eigenvalue weighted by Crippen LogP contribution is 2.30. The number of hydrogen-bond donors (Lipinski definition) is 2. The molecule has 3 rings (SSSR count). The van der Waals surface area contributed by atoms with Crippen molar-refractivity contribution in [2.75, 3.05) is 26.2 Å². The zero-order valence-corrected chi connectivity index (χ0v) is 17.3. The Balaban J connectivity index is 1.35. The third-order valence-electron chi connectivity index (χ3n) is 7.19. The highest BCUT2D eigenvalue weighted by Gasteiger charge is 2.31. The van der Waals surface area contributed by atoms with E-state index in [1.165, 1.54) is 77.3 Å². The summed E-state index contributed by atoms with van der Waals surface area (Å²) in [4.78, 5) is 2.79. The van der Waals surface area contributed by atoms with Gasteiger partial charge in [-0.25, -0.2) is 0 Å². The van der Waals surface area contributed by atoms with E-state index in [-0.39, 0.29) is 0 Å². The topological polar surface area (TPSA) is 50.5 Å². The van der Waals surface area contributed by atoms with Crippen molar-refractivity contribution in [2.24, 2.45) is 17.6 Å². The van der Waals surface area contributed by atoms with Crippen molar-refractivity contribution in [1.82, 2.24) is 10.2 Å². The van der Waals surface area contributed by atoms with Crippen molar-refractivity contribution in [3.63, 3.8) is 0 Å². The van der Waals surface area contributed by atoms with Gasteiger partial charge in [0.05, 0.1) is 6.10 Å². The lowest BCUT2D eigenvalue weighted by Crippen LogP contribution is -2.52. The van der Waals surface area contributed by atoms with Crippen LogP contribution in [-0.4, -0.2) is 55.4 Å². The maximum atomic E-state index is 6.01. The fourth-order valence-corrected chi connectivity index (χ4v) is 5.45.